The van der Waals surface area contributed by atoms with Gasteiger partial charge in [-0.3, -0.25) is 4.79 Å². The summed E-state index contributed by atoms with van der Waals surface area (Å²) < 4.78 is 69.2. The molecule has 0 radical (unpaired) electrons. The van der Waals surface area contributed by atoms with E-state index in [1.54, 1.807) is 17.0 Å². The highest BCUT2D eigenvalue weighted by Crippen LogP contribution is 2.37. The lowest BCUT2D eigenvalue weighted by atomic mass is 10.0. The summed E-state index contributed by atoms with van der Waals surface area (Å²) in [6, 6.07) is 7.65. The van der Waals surface area contributed by atoms with Crippen molar-refractivity contribution in [3.63, 3.8) is 0 Å². The number of aliphatic hydroxyl groups excluding tert-OH is 1. The highest BCUT2D eigenvalue weighted by atomic mass is 19.4. The molecule has 0 bridgehead atoms. The summed E-state index contributed by atoms with van der Waals surface area (Å²) in [5.41, 5.74) is -3.41. The van der Waals surface area contributed by atoms with Crippen LogP contribution in [-0.2, 0) is 17.4 Å². The zero-order valence-electron chi connectivity index (χ0n) is 20.6. The van der Waals surface area contributed by atoms with E-state index < -0.39 is 40.3 Å². The first-order valence-corrected chi connectivity index (χ1v) is 11.9. The van der Waals surface area contributed by atoms with E-state index in [9.17, 15) is 31.9 Å². The van der Waals surface area contributed by atoms with Crippen LogP contribution in [0.15, 0.2) is 30.3 Å². The maximum atomic E-state index is 14.7. The van der Waals surface area contributed by atoms with Crippen LogP contribution in [0.5, 0.6) is 0 Å². The number of benzene rings is 2. The average Bonchev–Trinajstić information content (AvgIpc) is 2.80. The summed E-state index contributed by atoms with van der Waals surface area (Å²) in [7, 11) is 0. The number of hydrogen-bond donors (Lipinski definition) is 3. The Labute approximate surface area is 212 Å². The first-order chi connectivity index (χ1) is 17.3. The molecule has 1 aliphatic heterocycles. The van der Waals surface area contributed by atoms with Gasteiger partial charge in [0.2, 0.25) is 5.91 Å². The van der Waals surface area contributed by atoms with Crippen molar-refractivity contribution in [2.24, 2.45) is 0 Å². The topological polar surface area (TPSA) is 88.4 Å². The summed E-state index contributed by atoms with van der Waals surface area (Å²) >= 11 is 0. The molecule has 200 valence electrons. The van der Waals surface area contributed by atoms with Gasteiger partial charge in [-0.25, -0.2) is 8.78 Å². The molecule has 0 spiro atoms. The minimum atomic E-state index is -5.05. The van der Waals surface area contributed by atoms with Gasteiger partial charge in [0.25, 0.3) is 0 Å². The van der Waals surface area contributed by atoms with Gasteiger partial charge in [-0.2, -0.15) is 18.4 Å². The first-order valence-electron chi connectivity index (χ1n) is 11.9. The Morgan fingerprint density at radius 2 is 1.81 bits per heavy atom. The molecule has 0 aliphatic carbocycles. The highest BCUT2D eigenvalue weighted by Gasteiger charge is 2.38. The van der Waals surface area contributed by atoms with E-state index in [1.807, 2.05) is 0 Å². The molecule has 0 saturated carbocycles. The summed E-state index contributed by atoms with van der Waals surface area (Å²) in [4.78, 5) is 14.0. The van der Waals surface area contributed by atoms with Crippen LogP contribution >= 0.6 is 0 Å². The summed E-state index contributed by atoms with van der Waals surface area (Å²) in [6.45, 7) is 4.11. The Kier molecular flexibility index (Phi) is 8.64. The molecular weight excluding hydrogens is 495 g/mol. The van der Waals surface area contributed by atoms with Crippen LogP contribution in [0.2, 0.25) is 0 Å². The lowest BCUT2D eigenvalue weighted by Gasteiger charge is -2.31. The number of aliphatic hydroxyl groups is 1. The zero-order chi connectivity index (χ0) is 27.4. The molecule has 3 N–H and O–H groups in total. The van der Waals surface area contributed by atoms with Gasteiger partial charge in [-0.05, 0) is 69.4 Å². The van der Waals surface area contributed by atoms with Crippen molar-refractivity contribution >= 4 is 17.3 Å². The van der Waals surface area contributed by atoms with Crippen molar-refractivity contribution in [3.8, 4) is 6.07 Å². The predicted molar refractivity (Wildman–Crippen MR) is 129 cm³/mol. The SMILES string of the molecule is CC(C)(Nc1ccc(CCCC(=O)N2CCC(O)CC2)c(F)c1)Nc1ccc(C#N)c(C(F)(F)F)c1F. The number of amides is 1. The second-order valence-electron chi connectivity index (χ2n) is 9.61. The molecule has 0 atom stereocenters. The fourth-order valence-electron chi connectivity index (χ4n) is 4.30. The standard InChI is InChI=1S/C26H29F5N4O2/c1-25(2,34-21-9-7-17(15-32)23(24(21)28)26(29,30)31)33-18-8-6-16(20(27)14-18)4-3-5-22(37)35-12-10-19(36)11-13-35/h6-9,14,19,33-34,36H,3-5,10-13H2,1-2H3. The number of carbonyl (C=O) groups is 1. The molecule has 1 aliphatic rings. The van der Waals surface area contributed by atoms with E-state index in [2.05, 4.69) is 10.6 Å². The molecule has 1 heterocycles. The number of likely N-dealkylation sites (tertiary alicyclic amines) is 1. The number of aryl methyl sites for hydroxylation is 1. The van der Waals surface area contributed by atoms with Crippen molar-refractivity contribution in [3.05, 3.63) is 58.7 Å². The quantitative estimate of drug-likeness (QED) is 0.317. The number of carbonyl (C=O) groups excluding carboxylic acids is 1. The minimum Gasteiger partial charge on any atom is -0.393 e. The molecular formula is C26H29F5N4O2. The van der Waals surface area contributed by atoms with E-state index in [0.29, 0.717) is 50.0 Å². The van der Waals surface area contributed by atoms with Crippen LogP contribution in [-0.4, -0.2) is 40.8 Å². The molecule has 0 unspecified atom stereocenters. The number of hydrogen-bond acceptors (Lipinski definition) is 5. The minimum absolute atomic E-state index is 0.0258. The predicted octanol–water partition coefficient (Wildman–Crippen LogP) is 5.42. The van der Waals surface area contributed by atoms with Crippen LogP contribution in [0.1, 0.15) is 56.2 Å². The largest absolute Gasteiger partial charge is 0.420 e. The monoisotopic (exact) mass is 524 g/mol. The van der Waals surface area contributed by atoms with Gasteiger partial charge in [0.15, 0.2) is 5.82 Å². The molecule has 3 rings (SSSR count). The zero-order valence-corrected chi connectivity index (χ0v) is 20.6. The van der Waals surface area contributed by atoms with Crippen molar-refractivity contribution in [1.29, 1.82) is 5.26 Å². The summed E-state index contributed by atoms with van der Waals surface area (Å²) in [6.07, 6.45) is -3.25. The summed E-state index contributed by atoms with van der Waals surface area (Å²) in [5.74, 6) is -2.14. The van der Waals surface area contributed by atoms with Crippen LogP contribution in [0, 0.1) is 23.0 Å². The van der Waals surface area contributed by atoms with E-state index in [1.165, 1.54) is 26.0 Å². The molecule has 2 aromatic rings. The normalized spacial score (nSPS) is 14.8. The second kappa shape index (κ2) is 11.3. The van der Waals surface area contributed by atoms with Crippen molar-refractivity contribution in [2.75, 3.05) is 23.7 Å². The van der Waals surface area contributed by atoms with Gasteiger partial charge in [0, 0.05) is 25.2 Å². The number of nitriles is 1. The highest BCUT2D eigenvalue weighted by molar-refractivity contribution is 5.76. The number of anilines is 2. The maximum Gasteiger partial charge on any atom is 0.420 e. The lowest BCUT2D eigenvalue weighted by molar-refractivity contribution is -0.140. The Bertz CT molecular complexity index is 1170. The van der Waals surface area contributed by atoms with Gasteiger partial charge in [0.05, 0.1) is 23.4 Å². The number of nitrogens with one attached hydrogen (secondary N) is 2. The van der Waals surface area contributed by atoms with Crippen LogP contribution in [0.3, 0.4) is 0 Å². The second-order valence-corrected chi connectivity index (χ2v) is 9.61. The van der Waals surface area contributed by atoms with E-state index in [4.69, 9.17) is 5.26 Å². The van der Waals surface area contributed by atoms with Gasteiger partial charge >= 0.3 is 6.18 Å². The number of alkyl halides is 3. The fraction of sp³-hybridized carbons (Fsp3) is 0.462. The van der Waals surface area contributed by atoms with Crippen LogP contribution in [0.25, 0.3) is 0 Å². The van der Waals surface area contributed by atoms with Crippen LogP contribution in [0.4, 0.5) is 33.3 Å². The molecule has 1 fully saturated rings. The van der Waals surface area contributed by atoms with Crippen molar-refractivity contribution in [2.45, 2.75) is 63.9 Å². The molecule has 1 saturated heterocycles. The van der Waals surface area contributed by atoms with Gasteiger partial charge in [0.1, 0.15) is 17.0 Å². The third-order valence-electron chi connectivity index (χ3n) is 6.16. The number of nitrogens with zero attached hydrogens (tertiary/aromatic N) is 2. The van der Waals surface area contributed by atoms with Crippen molar-refractivity contribution < 1.29 is 31.9 Å². The Hall–Kier alpha value is -3.39. The fourth-order valence-corrected chi connectivity index (χ4v) is 4.30. The Balaban J connectivity index is 1.61. The first kappa shape index (κ1) is 28.2. The van der Waals surface area contributed by atoms with Crippen molar-refractivity contribution in [1.82, 2.24) is 4.90 Å². The lowest BCUT2D eigenvalue weighted by Crippen LogP contribution is -2.40. The molecule has 0 aromatic heterocycles. The third-order valence-corrected chi connectivity index (χ3v) is 6.16. The smallest absolute Gasteiger partial charge is 0.393 e. The number of rotatable bonds is 8. The molecule has 11 heteroatoms. The number of piperidine rings is 1. The van der Waals surface area contributed by atoms with Gasteiger partial charge in [-0.15, -0.1) is 0 Å². The Morgan fingerprint density at radius 3 is 2.41 bits per heavy atom. The maximum absolute atomic E-state index is 14.7. The van der Waals surface area contributed by atoms with E-state index in [0.717, 1.165) is 12.1 Å². The molecule has 37 heavy (non-hydrogen) atoms. The average molecular weight is 525 g/mol. The molecule has 2 aromatic carbocycles. The molecule has 6 nitrogen and oxygen atoms in total. The summed E-state index contributed by atoms with van der Waals surface area (Å²) in [5, 5.41) is 24.0. The van der Waals surface area contributed by atoms with E-state index >= 15 is 0 Å². The van der Waals surface area contributed by atoms with Crippen LogP contribution < -0.4 is 10.6 Å². The number of halogens is 5. The third kappa shape index (κ3) is 7.32. The Morgan fingerprint density at radius 1 is 1.14 bits per heavy atom. The van der Waals surface area contributed by atoms with Gasteiger partial charge < -0.3 is 20.6 Å². The van der Waals surface area contributed by atoms with E-state index in [-0.39, 0.29) is 18.4 Å². The van der Waals surface area contributed by atoms with Gasteiger partial charge in [-0.1, -0.05) is 6.07 Å². The molecule has 1 amide bonds.